The van der Waals surface area contributed by atoms with Crippen molar-refractivity contribution in [2.24, 2.45) is 5.73 Å². The fourth-order valence-electron chi connectivity index (χ4n) is 2.76. The highest BCUT2D eigenvalue weighted by molar-refractivity contribution is 6.04. The van der Waals surface area contributed by atoms with Crippen molar-refractivity contribution in [3.8, 4) is 0 Å². The molecule has 2 aromatic rings. The summed E-state index contributed by atoms with van der Waals surface area (Å²) in [5.41, 5.74) is 8.64. The van der Waals surface area contributed by atoms with Crippen LogP contribution in [-0.4, -0.2) is 42.1 Å². The molecule has 0 unspecified atom stereocenters. The van der Waals surface area contributed by atoms with E-state index in [4.69, 9.17) is 5.73 Å². The predicted molar refractivity (Wildman–Crippen MR) is 83.7 cm³/mol. The number of rotatable bonds is 3. The van der Waals surface area contributed by atoms with Crippen LogP contribution in [0.4, 0.5) is 5.95 Å². The summed E-state index contributed by atoms with van der Waals surface area (Å²) in [5.74, 6) is 0.398. The van der Waals surface area contributed by atoms with Gasteiger partial charge in [-0.2, -0.15) is 0 Å². The molecule has 1 aliphatic rings. The third kappa shape index (κ3) is 2.71. The Morgan fingerprint density at radius 1 is 1.38 bits per heavy atom. The van der Waals surface area contributed by atoms with Gasteiger partial charge in [-0.25, -0.2) is 4.98 Å². The number of imidazole rings is 1. The van der Waals surface area contributed by atoms with Crippen LogP contribution in [0, 0.1) is 0 Å². The molecule has 112 valence electrons. The fraction of sp³-hybridized carbons (Fsp3) is 0.467. The van der Waals surface area contributed by atoms with Crippen LogP contribution in [-0.2, 0) is 6.42 Å². The number of carbonyl (C=O) groups excluding carboxylic acids is 1. The molecule has 0 aliphatic carbocycles. The van der Waals surface area contributed by atoms with Gasteiger partial charge in [0, 0.05) is 19.6 Å². The van der Waals surface area contributed by atoms with Crippen molar-refractivity contribution >= 4 is 22.9 Å². The molecule has 6 nitrogen and oxygen atoms in total. The lowest BCUT2D eigenvalue weighted by Gasteiger charge is -2.18. The number of nitrogens with two attached hydrogens (primary N) is 1. The molecule has 6 heteroatoms. The number of nitrogens with one attached hydrogen (secondary N) is 2. The van der Waals surface area contributed by atoms with E-state index in [-0.39, 0.29) is 0 Å². The number of aryl methyl sites for hydroxylation is 1. The Morgan fingerprint density at radius 2 is 2.24 bits per heavy atom. The quantitative estimate of drug-likeness (QED) is 0.786. The smallest absolute Gasteiger partial charge is 0.250 e. The molecule has 1 amide bonds. The lowest BCUT2D eigenvalue weighted by atomic mass is 10.1. The summed E-state index contributed by atoms with van der Waals surface area (Å²) in [6.07, 6.45) is 1.94. The number of primary amides is 1. The Labute approximate surface area is 123 Å². The molecule has 0 radical (unpaired) electrons. The summed E-state index contributed by atoms with van der Waals surface area (Å²) in [5, 5.41) is 3.37. The number of aromatic nitrogens is 2. The highest BCUT2D eigenvalue weighted by atomic mass is 16.1. The van der Waals surface area contributed by atoms with Gasteiger partial charge in [0.05, 0.1) is 11.1 Å². The average molecular weight is 287 g/mol. The molecule has 1 fully saturated rings. The molecule has 1 aromatic heterocycles. The summed E-state index contributed by atoms with van der Waals surface area (Å²) in [4.78, 5) is 21.8. The first-order valence-electron chi connectivity index (χ1n) is 7.47. The van der Waals surface area contributed by atoms with E-state index in [9.17, 15) is 4.79 Å². The van der Waals surface area contributed by atoms with Crippen LogP contribution in [0.15, 0.2) is 12.1 Å². The SMILES string of the molecule is CCc1cc(C(N)=O)c2nc(N3CCCNCC3)[nH]c2c1. The Bertz CT molecular complexity index is 655. The number of amides is 1. The van der Waals surface area contributed by atoms with Gasteiger partial charge < -0.3 is 20.9 Å². The Morgan fingerprint density at radius 3 is 3.00 bits per heavy atom. The number of aromatic amines is 1. The zero-order valence-corrected chi connectivity index (χ0v) is 12.3. The summed E-state index contributed by atoms with van der Waals surface area (Å²) in [6.45, 7) is 5.90. The maximum atomic E-state index is 11.7. The van der Waals surface area contributed by atoms with Crippen LogP contribution in [0.5, 0.6) is 0 Å². The number of benzene rings is 1. The van der Waals surface area contributed by atoms with Gasteiger partial charge in [0.1, 0.15) is 5.52 Å². The molecule has 4 N–H and O–H groups in total. The van der Waals surface area contributed by atoms with Crippen LogP contribution < -0.4 is 16.0 Å². The third-order valence-corrected chi connectivity index (χ3v) is 3.95. The largest absolute Gasteiger partial charge is 0.366 e. The number of anilines is 1. The third-order valence-electron chi connectivity index (χ3n) is 3.95. The molecular formula is C15H21N5O. The van der Waals surface area contributed by atoms with Crippen molar-refractivity contribution in [1.29, 1.82) is 0 Å². The highest BCUT2D eigenvalue weighted by Gasteiger charge is 2.17. The maximum absolute atomic E-state index is 11.7. The number of carbonyl (C=O) groups is 1. The van der Waals surface area contributed by atoms with E-state index in [1.54, 1.807) is 0 Å². The number of hydrogen-bond acceptors (Lipinski definition) is 4. The van der Waals surface area contributed by atoms with Crippen molar-refractivity contribution in [2.45, 2.75) is 19.8 Å². The summed E-state index contributed by atoms with van der Waals surface area (Å²) < 4.78 is 0. The average Bonchev–Trinajstić information content (AvgIpc) is 2.71. The van der Waals surface area contributed by atoms with Gasteiger partial charge >= 0.3 is 0 Å². The number of fused-ring (bicyclic) bond motifs is 1. The number of hydrogen-bond donors (Lipinski definition) is 3. The molecule has 2 heterocycles. The molecule has 0 saturated carbocycles. The molecular weight excluding hydrogens is 266 g/mol. The first-order valence-corrected chi connectivity index (χ1v) is 7.47. The van der Waals surface area contributed by atoms with Crippen molar-refractivity contribution < 1.29 is 4.79 Å². The molecule has 0 spiro atoms. The second-order valence-electron chi connectivity index (χ2n) is 5.41. The van der Waals surface area contributed by atoms with Gasteiger partial charge in [0.2, 0.25) is 5.95 Å². The lowest BCUT2D eigenvalue weighted by molar-refractivity contribution is 0.100. The van der Waals surface area contributed by atoms with E-state index in [1.807, 2.05) is 12.1 Å². The van der Waals surface area contributed by atoms with E-state index in [1.165, 1.54) is 0 Å². The topological polar surface area (TPSA) is 87.0 Å². The minimum atomic E-state index is -0.425. The fourth-order valence-corrected chi connectivity index (χ4v) is 2.76. The van der Waals surface area contributed by atoms with Gasteiger partial charge in [-0.15, -0.1) is 0 Å². The van der Waals surface area contributed by atoms with Gasteiger partial charge in [-0.05, 0) is 37.1 Å². The minimum Gasteiger partial charge on any atom is -0.366 e. The van der Waals surface area contributed by atoms with Crippen molar-refractivity contribution in [3.63, 3.8) is 0 Å². The predicted octanol–water partition coefficient (Wildman–Crippen LogP) is 1.02. The van der Waals surface area contributed by atoms with Crippen molar-refractivity contribution in [1.82, 2.24) is 15.3 Å². The lowest BCUT2D eigenvalue weighted by Crippen LogP contribution is -2.28. The molecule has 3 rings (SSSR count). The summed E-state index contributed by atoms with van der Waals surface area (Å²) >= 11 is 0. The number of nitrogens with zero attached hydrogens (tertiary/aromatic N) is 2. The molecule has 21 heavy (non-hydrogen) atoms. The molecule has 0 atom stereocenters. The van der Waals surface area contributed by atoms with Gasteiger partial charge in [-0.1, -0.05) is 6.92 Å². The first kappa shape index (κ1) is 13.9. The van der Waals surface area contributed by atoms with Crippen LogP contribution in [0.3, 0.4) is 0 Å². The Hall–Kier alpha value is -2.08. The monoisotopic (exact) mass is 287 g/mol. The highest BCUT2D eigenvalue weighted by Crippen LogP contribution is 2.23. The second kappa shape index (κ2) is 5.73. The maximum Gasteiger partial charge on any atom is 0.250 e. The molecule has 1 aromatic carbocycles. The minimum absolute atomic E-state index is 0.425. The van der Waals surface area contributed by atoms with Crippen LogP contribution in [0.2, 0.25) is 0 Å². The molecule has 0 bridgehead atoms. The Kier molecular flexibility index (Phi) is 3.79. The van der Waals surface area contributed by atoms with Gasteiger partial charge in [0.15, 0.2) is 0 Å². The van der Waals surface area contributed by atoms with Gasteiger partial charge in [0.25, 0.3) is 5.91 Å². The van der Waals surface area contributed by atoms with E-state index < -0.39 is 5.91 Å². The first-order chi connectivity index (χ1) is 10.2. The van der Waals surface area contributed by atoms with Crippen LogP contribution in [0.25, 0.3) is 11.0 Å². The second-order valence-corrected chi connectivity index (χ2v) is 5.41. The van der Waals surface area contributed by atoms with E-state index in [0.29, 0.717) is 11.1 Å². The Balaban J connectivity index is 2.05. The summed E-state index contributed by atoms with van der Waals surface area (Å²) in [6, 6.07) is 3.90. The zero-order chi connectivity index (χ0) is 14.8. The van der Waals surface area contributed by atoms with E-state index in [0.717, 1.165) is 56.0 Å². The van der Waals surface area contributed by atoms with E-state index in [2.05, 4.69) is 27.1 Å². The van der Waals surface area contributed by atoms with Crippen LogP contribution >= 0.6 is 0 Å². The molecule has 1 saturated heterocycles. The van der Waals surface area contributed by atoms with E-state index >= 15 is 0 Å². The number of H-pyrrole nitrogens is 1. The van der Waals surface area contributed by atoms with Crippen molar-refractivity contribution in [2.75, 3.05) is 31.1 Å². The molecule has 1 aliphatic heterocycles. The zero-order valence-electron chi connectivity index (χ0n) is 12.3. The van der Waals surface area contributed by atoms with Gasteiger partial charge in [-0.3, -0.25) is 4.79 Å². The normalized spacial score (nSPS) is 16.1. The van der Waals surface area contributed by atoms with Crippen LogP contribution in [0.1, 0.15) is 29.3 Å². The van der Waals surface area contributed by atoms with Crippen molar-refractivity contribution in [3.05, 3.63) is 23.3 Å². The standard InChI is InChI=1S/C15H21N5O/c1-2-10-8-11(14(16)21)13-12(9-10)18-15(19-13)20-6-3-4-17-5-7-20/h8-9,17H,2-7H2,1H3,(H2,16,21)(H,18,19). The summed E-state index contributed by atoms with van der Waals surface area (Å²) in [7, 11) is 0.